The van der Waals surface area contributed by atoms with Crippen LogP contribution in [0.1, 0.15) is 37.8 Å². The van der Waals surface area contributed by atoms with Gasteiger partial charge in [0.05, 0.1) is 27.1 Å². The van der Waals surface area contributed by atoms with Gasteiger partial charge in [0.25, 0.3) is 11.1 Å². The van der Waals surface area contributed by atoms with Crippen LogP contribution in [0.25, 0.3) is 27.6 Å². The van der Waals surface area contributed by atoms with Gasteiger partial charge >= 0.3 is 0 Å². The number of thioether (sulfide) groups is 1. The fourth-order valence-electron chi connectivity index (χ4n) is 3.84. The van der Waals surface area contributed by atoms with Crippen LogP contribution in [0.4, 0.5) is 0 Å². The van der Waals surface area contributed by atoms with E-state index in [0.717, 1.165) is 18.4 Å². The molecule has 5 aromatic rings. The Labute approximate surface area is 187 Å². The van der Waals surface area contributed by atoms with Gasteiger partial charge in [-0.15, -0.1) is 10.2 Å². The van der Waals surface area contributed by atoms with Crippen molar-refractivity contribution in [2.45, 2.75) is 43.6 Å². The number of aromatic nitrogens is 6. The van der Waals surface area contributed by atoms with Crippen LogP contribution in [0.5, 0.6) is 0 Å². The van der Waals surface area contributed by atoms with Crippen LogP contribution < -0.4 is 11.1 Å². The zero-order valence-electron chi connectivity index (χ0n) is 17.8. The van der Waals surface area contributed by atoms with E-state index in [2.05, 4.69) is 27.1 Å². The number of unbranched alkanes of at least 4 members (excludes halogenated alkanes) is 1. The lowest BCUT2D eigenvalue weighted by Gasteiger charge is -2.13. The Morgan fingerprint density at radius 1 is 1.03 bits per heavy atom. The third-order valence-electron chi connectivity index (χ3n) is 5.51. The second kappa shape index (κ2) is 8.23. The van der Waals surface area contributed by atoms with Gasteiger partial charge in [0.1, 0.15) is 5.82 Å². The SMILES string of the molecule is CCCCn1c(=O)c2ccccc2n2c(SC(C)c3nc4ccccc4c(=O)[nH]3)nnc12. The summed E-state index contributed by atoms with van der Waals surface area (Å²) in [6, 6.07) is 14.8. The van der Waals surface area contributed by atoms with Gasteiger partial charge in [-0.25, -0.2) is 4.98 Å². The van der Waals surface area contributed by atoms with Crippen molar-refractivity contribution >= 4 is 39.3 Å². The van der Waals surface area contributed by atoms with Crippen LogP contribution in [-0.4, -0.2) is 29.1 Å². The van der Waals surface area contributed by atoms with Crippen LogP contribution in [0.2, 0.25) is 0 Å². The minimum Gasteiger partial charge on any atom is -0.309 e. The summed E-state index contributed by atoms with van der Waals surface area (Å²) < 4.78 is 3.62. The van der Waals surface area contributed by atoms with Crippen molar-refractivity contribution in [3.63, 3.8) is 0 Å². The molecule has 0 radical (unpaired) electrons. The standard InChI is InChI=1S/C23H22N6O2S/c1-3-4-13-28-21(31)16-10-6-8-12-18(16)29-22(28)26-27-23(29)32-14(2)19-24-17-11-7-5-9-15(17)20(30)25-19/h5-12,14H,3-4,13H2,1-2H3,(H,24,25,30). The topological polar surface area (TPSA) is 97.9 Å². The Balaban J connectivity index is 1.63. The lowest BCUT2D eigenvalue weighted by Crippen LogP contribution is -2.23. The quantitative estimate of drug-likeness (QED) is 0.397. The fraction of sp³-hybridized carbons (Fsp3) is 0.261. The zero-order chi connectivity index (χ0) is 22.2. The highest BCUT2D eigenvalue weighted by Crippen LogP contribution is 2.33. The molecule has 1 atom stereocenters. The molecule has 5 rings (SSSR count). The van der Waals surface area contributed by atoms with Crippen molar-refractivity contribution in [1.82, 2.24) is 29.1 Å². The second-order valence-electron chi connectivity index (χ2n) is 7.67. The van der Waals surface area contributed by atoms with Gasteiger partial charge in [-0.2, -0.15) is 0 Å². The van der Waals surface area contributed by atoms with E-state index in [4.69, 9.17) is 0 Å². The predicted octanol–water partition coefficient (Wildman–Crippen LogP) is 3.93. The molecule has 0 aliphatic heterocycles. The number of benzene rings is 2. The summed E-state index contributed by atoms with van der Waals surface area (Å²) in [4.78, 5) is 33.1. The van der Waals surface area contributed by atoms with Crippen molar-refractivity contribution in [3.05, 3.63) is 75.1 Å². The first-order chi connectivity index (χ1) is 15.6. The molecule has 32 heavy (non-hydrogen) atoms. The molecule has 1 unspecified atom stereocenters. The third kappa shape index (κ3) is 3.38. The first-order valence-corrected chi connectivity index (χ1v) is 11.5. The number of rotatable bonds is 6. The Kier molecular flexibility index (Phi) is 5.26. The molecular formula is C23H22N6O2S. The molecule has 0 saturated heterocycles. The van der Waals surface area contributed by atoms with Crippen molar-refractivity contribution in [1.29, 1.82) is 0 Å². The number of hydrogen-bond donors (Lipinski definition) is 1. The lowest BCUT2D eigenvalue weighted by atomic mass is 10.2. The van der Waals surface area contributed by atoms with Crippen molar-refractivity contribution < 1.29 is 0 Å². The molecule has 9 heteroatoms. The van der Waals surface area contributed by atoms with Crippen molar-refractivity contribution in [3.8, 4) is 0 Å². The zero-order valence-corrected chi connectivity index (χ0v) is 18.6. The van der Waals surface area contributed by atoms with E-state index in [1.807, 2.05) is 53.8 Å². The van der Waals surface area contributed by atoms with E-state index in [1.165, 1.54) is 11.8 Å². The second-order valence-corrected chi connectivity index (χ2v) is 8.98. The highest BCUT2D eigenvalue weighted by Gasteiger charge is 2.20. The van der Waals surface area contributed by atoms with Gasteiger partial charge in [0, 0.05) is 6.54 Å². The largest absolute Gasteiger partial charge is 0.309 e. The molecule has 0 amide bonds. The summed E-state index contributed by atoms with van der Waals surface area (Å²) in [6.07, 6.45) is 1.85. The van der Waals surface area contributed by atoms with Crippen LogP contribution >= 0.6 is 11.8 Å². The van der Waals surface area contributed by atoms with Crippen LogP contribution in [0.3, 0.4) is 0 Å². The molecule has 3 aromatic heterocycles. The smallest absolute Gasteiger partial charge is 0.262 e. The van der Waals surface area contributed by atoms with Gasteiger partial charge < -0.3 is 4.98 Å². The molecule has 0 saturated carbocycles. The molecule has 3 heterocycles. The summed E-state index contributed by atoms with van der Waals surface area (Å²) in [5.41, 5.74) is 1.20. The maximum Gasteiger partial charge on any atom is 0.262 e. The Bertz CT molecular complexity index is 1570. The monoisotopic (exact) mass is 446 g/mol. The summed E-state index contributed by atoms with van der Waals surface area (Å²) in [6.45, 7) is 4.64. The van der Waals surface area contributed by atoms with Crippen LogP contribution in [-0.2, 0) is 6.54 Å². The van der Waals surface area contributed by atoms with Crippen LogP contribution in [0.15, 0.2) is 63.3 Å². The number of hydrogen-bond acceptors (Lipinski definition) is 6. The number of nitrogens with one attached hydrogen (secondary N) is 1. The van der Waals surface area contributed by atoms with Crippen molar-refractivity contribution in [2.75, 3.05) is 0 Å². The van der Waals surface area contributed by atoms with E-state index in [1.54, 1.807) is 10.6 Å². The molecule has 0 spiro atoms. The van der Waals surface area contributed by atoms with E-state index in [0.29, 0.717) is 39.6 Å². The molecule has 2 aromatic carbocycles. The van der Waals surface area contributed by atoms with E-state index in [-0.39, 0.29) is 16.4 Å². The number of aryl methyl sites for hydroxylation is 1. The number of para-hydroxylation sites is 2. The molecule has 0 bridgehead atoms. The Hall–Kier alpha value is -3.46. The lowest BCUT2D eigenvalue weighted by molar-refractivity contribution is 0.620. The number of aromatic amines is 1. The minimum atomic E-state index is -0.186. The van der Waals surface area contributed by atoms with Gasteiger partial charge in [-0.05, 0) is 37.6 Å². The van der Waals surface area contributed by atoms with Gasteiger partial charge in [-0.3, -0.25) is 18.6 Å². The summed E-state index contributed by atoms with van der Waals surface area (Å²) >= 11 is 1.44. The van der Waals surface area contributed by atoms with Crippen LogP contribution in [0, 0.1) is 0 Å². The van der Waals surface area contributed by atoms with Gasteiger partial charge in [-0.1, -0.05) is 49.4 Å². The normalized spacial score (nSPS) is 12.7. The maximum atomic E-state index is 13.1. The molecule has 8 nitrogen and oxygen atoms in total. The maximum absolute atomic E-state index is 13.1. The summed E-state index contributed by atoms with van der Waals surface area (Å²) in [7, 11) is 0. The number of H-pyrrole nitrogens is 1. The highest BCUT2D eigenvalue weighted by atomic mass is 32.2. The molecule has 0 fully saturated rings. The highest BCUT2D eigenvalue weighted by molar-refractivity contribution is 7.99. The number of nitrogens with zero attached hydrogens (tertiary/aromatic N) is 5. The Morgan fingerprint density at radius 2 is 1.78 bits per heavy atom. The summed E-state index contributed by atoms with van der Waals surface area (Å²) in [5.74, 6) is 1.09. The van der Waals surface area contributed by atoms with E-state index >= 15 is 0 Å². The average Bonchev–Trinajstić information content (AvgIpc) is 3.22. The van der Waals surface area contributed by atoms with E-state index in [9.17, 15) is 9.59 Å². The first kappa shape index (κ1) is 20.4. The third-order valence-corrected chi connectivity index (χ3v) is 6.56. The molecule has 0 aliphatic carbocycles. The molecular weight excluding hydrogens is 424 g/mol. The fourth-order valence-corrected chi connectivity index (χ4v) is 4.75. The van der Waals surface area contributed by atoms with Crippen molar-refractivity contribution in [2.24, 2.45) is 0 Å². The molecule has 162 valence electrons. The molecule has 1 N–H and O–H groups in total. The average molecular weight is 447 g/mol. The van der Waals surface area contributed by atoms with Gasteiger partial charge in [0.2, 0.25) is 5.78 Å². The van der Waals surface area contributed by atoms with E-state index < -0.39 is 0 Å². The minimum absolute atomic E-state index is 0.0564. The molecule has 0 aliphatic rings. The first-order valence-electron chi connectivity index (χ1n) is 10.6. The summed E-state index contributed by atoms with van der Waals surface area (Å²) in [5, 5.41) is 10.4. The number of fused-ring (bicyclic) bond motifs is 4. The van der Waals surface area contributed by atoms with Gasteiger partial charge in [0.15, 0.2) is 5.16 Å². The predicted molar refractivity (Wildman–Crippen MR) is 126 cm³/mol. The Morgan fingerprint density at radius 3 is 2.59 bits per heavy atom.